The van der Waals surface area contributed by atoms with E-state index in [9.17, 15) is 9.18 Å². The first kappa shape index (κ1) is 17.4. The quantitative estimate of drug-likeness (QED) is 0.904. The summed E-state index contributed by atoms with van der Waals surface area (Å²) in [5.41, 5.74) is 1.78. The predicted molar refractivity (Wildman–Crippen MR) is 89.8 cm³/mol. The highest BCUT2D eigenvalue weighted by Gasteiger charge is 2.20. The van der Waals surface area contributed by atoms with E-state index in [0.29, 0.717) is 11.4 Å². The lowest BCUT2D eigenvalue weighted by molar-refractivity contribution is -0.118. The largest absolute Gasteiger partial charge is 0.325 e. The molecule has 2 heterocycles. The second-order valence-electron chi connectivity index (χ2n) is 5.62. The fraction of sp³-hybridized carbons (Fsp3) is 0.375. The van der Waals surface area contributed by atoms with Crippen LogP contribution in [0.3, 0.4) is 0 Å². The molecule has 1 aliphatic heterocycles. The van der Waals surface area contributed by atoms with E-state index in [1.165, 1.54) is 10.7 Å². The van der Waals surface area contributed by atoms with Gasteiger partial charge in [0.1, 0.15) is 5.69 Å². The number of nitrogens with zero attached hydrogens (tertiary/aromatic N) is 2. The molecule has 1 aromatic heterocycles. The van der Waals surface area contributed by atoms with Crippen molar-refractivity contribution in [1.82, 2.24) is 15.1 Å². The lowest BCUT2D eigenvalue weighted by Gasteiger charge is -2.22. The normalized spacial score (nSPS) is 17.4. The summed E-state index contributed by atoms with van der Waals surface area (Å²) in [6.07, 6.45) is 6.37. The summed E-state index contributed by atoms with van der Waals surface area (Å²) in [5, 5.41) is 10.0. The zero-order valence-corrected chi connectivity index (χ0v) is 13.7. The average Bonchev–Trinajstić information content (AvgIpc) is 2.94. The average molecular weight is 339 g/mol. The monoisotopic (exact) mass is 338 g/mol. The third kappa shape index (κ3) is 4.09. The molecule has 0 bridgehead atoms. The fourth-order valence-electron chi connectivity index (χ4n) is 2.62. The van der Waals surface area contributed by atoms with Crippen LogP contribution in [0.15, 0.2) is 30.6 Å². The summed E-state index contributed by atoms with van der Waals surface area (Å²) in [4.78, 5) is 12.1. The highest BCUT2D eigenvalue weighted by Crippen LogP contribution is 2.19. The SMILES string of the molecule is Cc1cnn(-c2ccc(NC(=O)C3CCCCN3)cc2F)c1.Cl. The number of hydrogen-bond donors (Lipinski definition) is 2. The Balaban J connectivity index is 0.00000192. The number of amides is 1. The van der Waals surface area contributed by atoms with Crippen LogP contribution in [-0.2, 0) is 4.79 Å². The molecule has 7 heteroatoms. The van der Waals surface area contributed by atoms with E-state index in [1.54, 1.807) is 24.5 Å². The third-order valence-electron chi connectivity index (χ3n) is 3.80. The summed E-state index contributed by atoms with van der Waals surface area (Å²) >= 11 is 0. The van der Waals surface area contributed by atoms with Crippen LogP contribution in [0.2, 0.25) is 0 Å². The molecule has 1 saturated heterocycles. The molecule has 1 aromatic carbocycles. The van der Waals surface area contributed by atoms with Crippen LogP contribution in [-0.4, -0.2) is 28.3 Å². The van der Waals surface area contributed by atoms with E-state index in [1.807, 2.05) is 6.92 Å². The minimum Gasteiger partial charge on any atom is -0.325 e. The van der Waals surface area contributed by atoms with Crippen molar-refractivity contribution in [2.75, 3.05) is 11.9 Å². The van der Waals surface area contributed by atoms with Gasteiger partial charge >= 0.3 is 0 Å². The summed E-state index contributed by atoms with van der Waals surface area (Å²) in [6, 6.07) is 4.44. The van der Waals surface area contributed by atoms with Crippen molar-refractivity contribution in [3.8, 4) is 5.69 Å². The number of piperidine rings is 1. The van der Waals surface area contributed by atoms with Gasteiger partial charge in [-0.2, -0.15) is 5.10 Å². The van der Waals surface area contributed by atoms with Crippen LogP contribution < -0.4 is 10.6 Å². The molecule has 0 spiro atoms. The molecule has 1 amide bonds. The molecule has 124 valence electrons. The lowest BCUT2D eigenvalue weighted by atomic mass is 10.0. The molecule has 3 rings (SSSR count). The summed E-state index contributed by atoms with van der Waals surface area (Å²) < 4.78 is 15.7. The van der Waals surface area contributed by atoms with Gasteiger partial charge in [0.15, 0.2) is 5.82 Å². The van der Waals surface area contributed by atoms with Crippen molar-refractivity contribution >= 4 is 24.0 Å². The first-order chi connectivity index (χ1) is 10.6. The maximum atomic E-state index is 14.2. The number of anilines is 1. The molecule has 0 aliphatic carbocycles. The number of hydrogen-bond acceptors (Lipinski definition) is 3. The van der Waals surface area contributed by atoms with Crippen molar-refractivity contribution in [3.05, 3.63) is 42.0 Å². The lowest BCUT2D eigenvalue weighted by Crippen LogP contribution is -2.43. The standard InChI is InChI=1S/C16H19FN4O.ClH/c1-11-9-19-21(10-11)15-6-5-12(8-13(15)17)20-16(22)14-4-2-3-7-18-14;/h5-6,8-10,14,18H,2-4,7H2,1H3,(H,20,22);1H. The Labute approximate surface area is 140 Å². The van der Waals surface area contributed by atoms with E-state index < -0.39 is 5.82 Å². The maximum Gasteiger partial charge on any atom is 0.241 e. The Morgan fingerprint density at radius 3 is 2.87 bits per heavy atom. The first-order valence-electron chi connectivity index (χ1n) is 7.49. The molecule has 5 nitrogen and oxygen atoms in total. The first-order valence-corrected chi connectivity index (χ1v) is 7.49. The smallest absolute Gasteiger partial charge is 0.241 e. The molecule has 2 aromatic rings. The molecule has 0 saturated carbocycles. The number of aromatic nitrogens is 2. The second-order valence-corrected chi connectivity index (χ2v) is 5.62. The Kier molecular flexibility index (Phi) is 5.74. The van der Waals surface area contributed by atoms with Gasteiger partial charge in [-0.3, -0.25) is 4.79 Å². The van der Waals surface area contributed by atoms with E-state index in [4.69, 9.17) is 0 Å². The van der Waals surface area contributed by atoms with Crippen LogP contribution in [0.4, 0.5) is 10.1 Å². The van der Waals surface area contributed by atoms with Crippen molar-refractivity contribution in [2.24, 2.45) is 0 Å². The van der Waals surface area contributed by atoms with E-state index >= 15 is 0 Å². The number of aryl methyl sites for hydroxylation is 1. The molecule has 1 atom stereocenters. The van der Waals surface area contributed by atoms with Crippen molar-refractivity contribution in [3.63, 3.8) is 0 Å². The van der Waals surface area contributed by atoms with E-state index in [-0.39, 0.29) is 24.4 Å². The number of carbonyl (C=O) groups is 1. The highest BCUT2D eigenvalue weighted by molar-refractivity contribution is 5.95. The van der Waals surface area contributed by atoms with Gasteiger partial charge in [-0.05, 0) is 50.1 Å². The maximum absolute atomic E-state index is 14.2. The summed E-state index contributed by atoms with van der Waals surface area (Å²) in [6.45, 7) is 2.75. The molecule has 0 radical (unpaired) electrons. The van der Waals surface area contributed by atoms with Gasteiger partial charge in [0, 0.05) is 11.9 Å². The fourth-order valence-corrected chi connectivity index (χ4v) is 2.62. The van der Waals surface area contributed by atoms with E-state index in [0.717, 1.165) is 31.4 Å². The van der Waals surface area contributed by atoms with Crippen LogP contribution >= 0.6 is 12.4 Å². The zero-order chi connectivity index (χ0) is 15.5. The predicted octanol–water partition coefficient (Wildman–Crippen LogP) is 2.82. The molecule has 23 heavy (non-hydrogen) atoms. The van der Waals surface area contributed by atoms with Crippen molar-refractivity contribution in [2.45, 2.75) is 32.2 Å². The third-order valence-corrected chi connectivity index (χ3v) is 3.80. The molecular formula is C16H20ClFN4O. The molecular weight excluding hydrogens is 319 g/mol. The van der Waals surface area contributed by atoms with Crippen LogP contribution in [0.5, 0.6) is 0 Å². The van der Waals surface area contributed by atoms with Gasteiger partial charge in [0.05, 0.1) is 12.2 Å². The van der Waals surface area contributed by atoms with Gasteiger partial charge < -0.3 is 10.6 Å². The Morgan fingerprint density at radius 2 is 2.26 bits per heavy atom. The number of halogens is 2. The van der Waals surface area contributed by atoms with Crippen LogP contribution in [0.1, 0.15) is 24.8 Å². The molecule has 1 unspecified atom stereocenters. The second kappa shape index (κ2) is 7.57. The zero-order valence-electron chi connectivity index (χ0n) is 12.9. The molecule has 1 aliphatic rings. The molecule has 1 fully saturated rings. The van der Waals surface area contributed by atoms with Crippen LogP contribution in [0, 0.1) is 12.7 Å². The van der Waals surface area contributed by atoms with Gasteiger partial charge in [-0.25, -0.2) is 9.07 Å². The van der Waals surface area contributed by atoms with Gasteiger partial charge in [-0.15, -0.1) is 12.4 Å². The van der Waals surface area contributed by atoms with Gasteiger partial charge in [0.25, 0.3) is 0 Å². The number of rotatable bonds is 3. The number of carbonyl (C=O) groups excluding carboxylic acids is 1. The van der Waals surface area contributed by atoms with Crippen molar-refractivity contribution in [1.29, 1.82) is 0 Å². The minimum absolute atomic E-state index is 0. The van der Waals surface area contributed by atoms with Crippen molar-refractivity contribution < 1.29 is 9.18 Å². The Hall–Kier alpha value is -1.92. The number of benzene rings is 1. The van der Waals surface area contributed by atoms with Gasteiger partial charge in [0.2, 0.25) is 5.91 Å². The topological polar surface area (TPSA) is 59.0 Å². The Bertz CT molecular complexity index is 682. The number of nitrogens with one attached hydrogen (secondary N) is 2. The Morgan fingerprint density at radius 1 is 1.43 bits per heavy atom. The summed E-state index contributed by atoms with van der Waals surface area (Å²) in [5.74, 6) is -0.528. The van der Waals surface area contributed by atoms with Gasteiger partial charge in [-0.1, -0.05) is 6.42 Å². The molecule has 2 N–H and O–H groups in total. The highest BCUT2D eigenvalue weighted by atomic mass is 35.5. The van der Waals surface area contributed by atoms with E-state index in [2.05, 4.69) is 15.7 Å². The van der Waals surface area contributed by atoms with Crippen LogP contribution in [0.25, 0.3) is 5.69 Å². The minimum atomic E-state index is -0.419. The summed E-state index contributed by atoms with van der Waals surface area (Å²) in [7, 11) is 0.